The Balaban J connectivity index is 1.61. The molecule has 1 heterocycles. The zero-order chi connectivity index (χ0) is 20.3. The second-order valence-corrected chi connectivity index (χ2v) is 7.84. The Labute approximate surface area is 169 Å². The summed E-state index contributed by atoms with van der Waals surface area (Å²) < 4.78 is 5.24. The molecule has 0 aliphatic carbocycles. The molecule has 0 bridgehead atoms. The van der Waals surface area contributed by atoms with Crippen LogP contribution in [0, 0.1) is 19.8 Å². The number of hydrogen-bond acceptors (Lipinski definition) is 5. The van der Waals surface area contributed by atoms with E-state index in [0.29, 0.717) is 5.56 Å². The van der Waals surface area contributed by atoms with Gasteiger partial charge in [-0.1, -0.05) is 23.8 Å². The Hall–Kier alpha value is -2.60. The smallest absolute Gasteiger partial charge is 0.311 e. The molecule has 1 aliphatic rings. The number of benzene rings is 2. The molecule has 1 amide bonds. The van der Waals surface area contributed by atoms with E-state index < -0.39 is 11.9 Å². The minimum absolute atomic E-state index is 0.0972. The minimum atomic E-state index is -0.558. The first-order chi connectivity index (χ1) is 13.4. The van der Waals surface area contributed by atoms with Crippen molar-refractivity contribution in [1.82, 2.24) is 0 Å². The first kappa shape index (κ1) is 20.1. The molecule has 0 saturated carbocycles. The lowest BCUT2D eigenvalue weighted by atomic mass is 10.0. The number of amides is 1. The van der Waals surface area contributed by atoms with E-state index in [-0.39, 0.29) is 31.3 Å². The molecular weight excluding hydrogens is 374 g/mol. The van der Waals surface area contributed by atoms with E-state index in [4.69, 9.17) is 4.74 Å². The van der Waals surface area contributed by atoms with Crippen molar-refractivity contribution < 1.29 is 19.1 Å². The zero-order valence-corrected chi connectivity index (χ0v) is 17.0. The molecule has 1 aliphatic heterocycles. The first-order valence-electron chi connectivity index (χ1n) is 9.10. The number of nitrogens with zero attached hydrogens (tertiary/aromatic N) is 1. The van der Waals surface area contributed by atoms with Crippen molar-refractivity contribution in [3.05, 3.63) is 59.2 Å². The van der Waals surface area contributed by atoms with E-state index in [1.807, 2.05) is 56.5 Å². The van der Waals surface area contributed by atoms with E-state index in [1.165, 1.54) is 0 Å². The van der Waals surface area contributed by atoms with Crippen LogP contribution >= 0.6 is 11.8 Å². The van der Waals surface area contributed by atoms with Crippen LogP contribution in [0.5, 0.6) is 0 Å². The van der Waals surface area contributed by atoms with E-state index in [2.05, 4.69) is 0 Å². The Bertz CT molecular complexity index is 925. The molecule has 3 rings (SSSR count). The summed E-state index contributed by atoms with van der Waals surface area (Å²) >= 11 is 1.59. The number of rotatable bonds is 6. The molecule has 1 atom stereocenters. The number of ether oxygens (including phenoxy) is 1. The highest BCUT2D eigenvalue weighted by Gasteiger charge is 2.36. The SMILES string of the molecule is CSc1cccc(N2C[C@H](C(=O)OCC(=O)c3cc(C)ccc3C)CC2=O)c1. The molecule has 0 spiro atoms. The second kappa shape index (κ2) is 8.61. The minimum Gasteiger partial charge on any atom is -0.457 e. The molecule has 0 aromatic heterocycles. The largest absolute Gasteiger partial charge is 0.457 e. The van der Waals surface area contributed by atoms with Gasteiger partial charge < -0.3 is 9.64 Å². The lowest BCUT2D eigenvalue weighted by molar-refractivity contribution is -0.147. The number of carbonyl (C=O) groups is 3. The molecule has 0 radical (unpaired) electrons. The van der Waals surface area contributed by atoms with Gasteiger partial charge in [0.1, 0.15) is 0 Å². The number of aryl methyl sites for hydroxylation is 2. The van der Waals surface area contributed by atoms with Gasteiger partial charge in [0.2, 0.25) is 11.7 Å². The van der Waals surface area contributed by atoms with Crippen LogP contribution in [0.2, 0.25) is 0 Å². The van der Waals surface area contributed by atoms with Crippen molar-refractivity contribution in [1.29, 1.82) is 0 Å². The van der Waals surface area contributed by atoms with E-state index in [1.54, 1.807) is 22.7 Å². The molecule has 0 unspecified atom stereocenters. The summed E-state index contributed by atoms with van der Waals surface area (Å²) in [6, 6.07) is 13.3. The number of esters is 1. The number of hydrogen-bond donors (Lipinski definition) is 0. The van der Waals surface area contributed by atoms with E-state index >= 15 is 0 Å². The van der Waals surface area contributed by atoms with Crippen LogP contribution in [0.1, 0.15) is 27.9 Å². The lowest BCUT2D eigenvalue weighted by Crippen LogP contribution is -2.27. The van der Waals surface area contributed by atoms with Crippen LogP contribution in [-0.2, 0) is 14.3 Å². The summed E-state index contributed by atoms with van der Waals surface area (Å²) in [6.45, 7) is 3.72. The highest BCUT2D eigenvalue weighted by molar-refractivity contribution is 7.98. The van der Waals surface area contributed by atoms with Gasteiger partial charge in [-0.25, -0.2) is 0 Å². The Morgan fingerprint density at radius 1 is 1.18 bits per heavy atom. The Kier molecular flexibility index (Phi) is 6.19. The van der Waals surface area contributed by atoms with Crippen molar-refractivity contribution >= 4 is 35.1 Å². The van der Waals surface area contributed by atoms with Crippen LogP contribution < -0.4 is 4.90 Å². The van der Waals surface area contributed by atoms with Crippen molar-refractivity contribution in [3.8, 4) is 0 Å². The van der Waals surface area contributed by atoms with Gasteiger partial charge >= 0.3 is 5.97 Å². The summed E-state index contributed by atoms with van der Waals surface area (Å²) in [7, 11) is 0. The normalized spacial score (nSPS) is 16.3. The molecule has 1 fully saturated rings. The summed E-state index contributed by atoms with van der Waals surface area (Å²) in [5.74, 6) is -1.41. The number of anilines is 1. The highest BCUT2D eigenvalue weighted by Crippen LogP contribution is 2.28. The van der Waals surface area contributed by atoms with E-state index in [0.717, 1.165) is 21.7 Å². The number of Topliss-reactive ketones (excluding diaryl/α,β-unsaturated/α-hetero) is 1. The maximum absolute atomic E-state index is 12.4. The fourth-order valence-electron chi connectivity index (χ4n) is 3.26. The van der Waals surface area contributed by atoms with Crippen molar-refractivity contribution in [2.75, 3.05) is 24.3 Å². The van der Waals surface area contributed by atoms with Crippen LogP contribution in [-0.4, -0.2) is 37.1 Å². The Morgan fingerprint density at radius 3 is 2.71 bits per heavy atom. The van der Waals surface area contributed by atoms with Crippen LogP contribution in [0.15, 0.2) is 47.4 Å². The molecular formula is C22H23NO4S. The number of thioether (sulfide) groups is 1. The van der Waals surface area contributed by atoms with Gasteiger partial charge in [0.05, 0.1) is 5.92 Å². The summed E-state index contributed by atoms with van der Waals surface area (Å²) in [6.07, 6.45) is 2.07. The molecule has 146 valence electrons. The number of ketones is 1. The predicted molar refractivity (Wildman–Crippen MR) is 110 cm³/mol. The fraction of sp³-hybridized carbons (Fsp3) is 0.318. The zero-order valence-electron chi connectivity index (χ0n) is 16.2. The summed E-state index contributed by atoms with van der Waals surface area (Å²) in [5.41, 5.74) is 3.16. The van der Waals surface area contributed by atoms with Gasteiger partial charge in [-0.2, -0.15) is 0 Å². The van der Waals surface area contributed by atoms with Crippen molar-refractivity contribution in [2.24, 2.45) is 5.92 Å². The van der Waals surface area contributed by atoms with E-state index in [9.17, 15) is 14.4 Å². The van der Waals surface area contributed by atoms with Gasteiger partial charge in [-0.05, 0) is 49.9 Å². The maximum atomic E-state index is 12.4. The molecule has 1 saturated heterocycles. The molecule has 5 nitrogen and oxygen atoms in total. The average molecular weight is 397 g/mol. The predicted octanol–water partition coefficient (Wildman–Crippen LogP) is 3.80. The lowest BCUT2D eigenvalue weighted by Gasteiger charge is -2.17. The maximum Gasteiger partial charge on any atom is 0.311 e. The molecule has 2 aromatic rings. The molecule has 0 N–H and O–H groups in total. The van der Waals surface area contributed by atoms with Gasteiger partial charge in [0, 0.05) is 29.1 Å². The van der Waals surface area contributed by atoms with Crippen molar-refractivity contribution in [2.45, 2.75) is 25.2 Å². The van der Waals surface area contributed by atoms with Gasteiger partial charge in [-0.15, -0.1) is 11.8 Å². The monoisotopic (exact) mass is 397 g/mol. The van der Waals surface area contributed by atoms with Crippen LogP contribution in [0.3, 0.4) is 0 Å². The molecule has 28 heavy (non-hydrogen) atoms. The standard InChI is InChI=1S/C22H23NO4S/c1-14-7-8-15(2)19(9-14)20(24)13-27-22(26)16-10-21(25)23(12-16)17-5-4-6-18(11-17)28-3/h4-9,11,16H,10,12-13H2,1-3H3/t16-/m1/s1. The molecule has 2 aromatic carbocycles. The van der Waals surface area contributed by atoms with Crippen LogP contribution in [0.25, 0.3) is 0 Å². The third-order valence-electron chi connectivity index (χ3n) is 4.86. The quantitative estimate of drug-likeness (QED) is 0.421. The third kappa shape index (κ3) is 4.44. The van der Waals surface area contributed by atoms with Crippen molar-refractivity contribution in [3.63, 3.8) is 0 Å². The topological polar surface area (TPSA) is 63.7 Å². The fourth-order valence-corrected chi connectivity index (χ4v) is 3.72. The summed E-state index contributed by atoms with van der Waals surface area (Å²) in [5, 5.41) is 0. The number of carbonyl (C=O) groups excluding carboxylic acids is 3. The second-order valence-electron chi connectivity index (χ2n) is 6.96. The first-order valence-corrected chi connectivity index (χ1v) is 10.3. The van der Waals surface area contributed by atoms with Crippen LogP contribution in [0.4, 0.5) is 5.69 Å². The highest BCUT2D eigenvalue weighted by atomic mass is 32.2. The Morgan fingerprint density at radius 2 is 1.96 bits per heavy atom. The molecule has 6 heteroatoms. The summed E-state index contributed by atoms with van der Waals surface area (Å²) in [4.78, 5) is 39.9. The van der Waals surface area contributed by atoms with Gasteiger partial charge in [0.25, 0.3) is 0 Å². The average Bonchev–Trinajstić information content (AvgIpc) is 3.09. The van der Waals surface area contributed by atoms with Gasteiger partial charge in [0.15, 0.2) is 6.61 Å². The third-order valence-corrected chi connectivity index (χ3v) is 5.59. The van der Waals surface area contributed by atoms with Gasteiger partial charge in [-0.3, -0.25) is 14.4 Å².